The third kappa shape index (κ3) is 3.32. The SMILES string of the molecule is CCC(C)N(C(=O)N1CSCC1C(=O)O)c1ccccc1. The van der Waals surface area contributed by atoms with Crippen molar-refractivity contribution < 1.29 is 14.7 Å². The molecule has 1 aromatic carbocycles. The smallest absolute Gasteiger partial charge is 0.327 e. The lowest BCUT2D eigenvalue weighted by molar-refractivity contribution is -0.140. The molecule has 1 aliphatic rings. The Morgan fingerprint density at radius 3 is 2.67 bits per heavy atom. The van der Waals surface area contributed by atoms with E-state index in [2.05, 4.69) is 0 Å². The number of carbonyl (C=O) groups is 2. The maximum absolute atomic E-state index is 12.8. The Morgan fingerprint density at radius 1 is 1.43 bits per heavy atom. The monoisotopic (exact) mass is 308 g/mol. The number of carbonyl (C=O) groups excluding carboxylic acids is 1. The van der Waals surface area contributed by atoms with E-state index >= 15 is 0 Å². The lowest BCUT2D eigenvalue weighted by atomic mass is 10.2. The van der Waals surface area contributed by atoms with E-state index in [1.807, 2.05) is 44.2 Å². The third-order valence-corrected chi connectivity index (χ3v) is 4.70. The van der Waals surface area contributed by atoms with Crippen molar-refractivity contribution in [3.63, 3.8) is 0 Å². The number of rotatable bonds is 4. The maximum Gasteiger partial charge on any atom is 0.327 e. The van der Waals surface area contributed by atoms with Crippen molar-refractivity contribution >= 4 is 29.4 Å². The molecule has 0 saturated carbocycles. The minimum Gasteiger partial charge on any atom is -0.480 e. The number of aliphatic carboxylic acids is 1. The molecule has 21 heavy (non-hydrogen) atoms. The average molecular weight is 308 g/mol. The molecule has 0 spiro atoms. The molecule has 0 aliphatic carbocycles. The van der Waals surface area contributed by atoms with Crippen molar-refractivity contribution in [2.24, 2.45) is 0 Å². The van der Waals surface area contributed by atoms with Crippen LogP contribution in [-0.2, 0) is 4.79 Å². The van der Waals surface area contributed by atoms with Gasteiger partial charge in [-0.25, -0.2) is 9.59 Å². The molecule has 5 nitrogen and oxygen atoms in total. The molecule has 0 bridgehead atoms. The molecule has 2 unspecified atom stereocenters. The Balaban J connectivity index is 2.29. The molecule has 0 aromatic heterocycles. The summed E-state index contributed by atoms with van der Waals surface area (Å²) in [5.74, 6) is -0.0646. The lowest BCUT2D eigenvalue weighted by Gasteiger charge is -2.33. The zero-order chi connectivity index (χ0) is 15.4. The van der Waals surface area contributed by atoms with Crippen LogP contribution < -0.4 is 4.90 Å². The van der Waals surface area contributed by atoms with Crippen LogP contribution in [0.2, 0.25) is 0 Å². The van der Waals surface area contributed by atoms with Gasteiger partial charge in [-0.3, -0.25) is 4.90 Å². The Labute approximate surface area is 128 Å². The number of amides is 2. The van der Waals surface area contributed by atoms with Gasteiger partial charge >= 0.3 is 12.0 Å². The number of carboxylic acid groups (broad SMARTS) is 1. The Kier molecular flexibility index (Phi) is 5.12. The number of hydrogen-bond donors (Lipinski definition) is 1. The van der Waals surface area contributed by atoms with Crippen LogP contribution in [-0.4, -0.2) is 45.7 Å². The second kappa shape index (κ2) is 6.85. The molecule has 2 amide bonds. The number of urea groups is 1. The summed E-state index contributed by atoms with van der Waals surface area (Å²) in [4.78, 5) is 27.3. The van der Waals surface area contributed by atoms with Gasteiger partial charge in [0, 0.05) is 17.5 Å². The molecule has 114 valence electrons. The van der Waals surface area contributed by atoms with Gasteiger partial charge in [-0.05, 0) is 25.5 Å². The van der Waals surface area contributed by atoms with Gasteiger partial charge in [0.1, 0.15) is 6.04 Å². The van der Waals surface area contributed by atoms with Crippen LogP contribution in [0.4, 0.5) is 10.5 Å². The number of thioether (sulfide) groups is 1. The van der Waals surface area contributed by atoms with E-state index in [1.54, 1.807) is 4.90 Å². The maximum atomic E-state index is 12.8. The summed E-state index contributed by atoms with van der Waals surface area (Å²) in [6.07, 6.45) is 0.805. The van der Waals surface area contributed by atoms with Crippen LogP contribution in [0.15, 0.2) is 30.3 Å². The zero-order valence-electron chi connectivity index (χ0n) is 12.2. The Morgan fingerprint density at radius 2 is 2.10 bits per heavy atom. The van der Waals surface area contributed by atoms with E-state index in [-0.39, 0.29) is 12.1 Å². The van der Waals surface area contributed by atoms with Crippen molar-refractivity contribution in [1.82, 2.24) is 4.90 Å². The first-order valence-corrected chi connectivity index (χ1v) is 8.17. The van der Waals surface area contributed by atoms with Gasteiger partial charge in [-0.2, -0.15) is 0 Å². The fraction of sp³-hybridized carbons (Fsp3) is 0.467. The van der Waals surface area contributed by atoms with Crippen LogP contribution >= 0.6 is 11.8 Å². The normalized spacial score (nSPS) is 19.3. The summed E-state index contributed by atoms with van der Waals surface area (Å²) in [6, 6.07) is 8.46. The third-order valence-electron chi connectivity index (χ3n) is 3.69. The lowest BCUT2D eigenvalue weighted by Crippen LogP contribution is -2.51. The van der Waals surface area contributed by atoms with Gasteiger partial charge in [0.25, 0.3) is 0 Å². The number of hydrogen-bond acceptors (Lipinski definition) is 3. The van der Waals surface area contributed by atoms with Crippen molar-refractivity contribution in [3.05, 3.63) is 30.3 Å². The Hall–Kier alpha value is -1.69. The van der Waals surface area contributed by atoms with Gasteiger partial charge in [-0.1, -0.05) is 25.1 Å². The highest BCUT2D eigenvalue weighted by Crippen LogP contribution is 2.26. The summed E-state index contributed by atoms with van der Waals surface area (Å²) in [5.41, 5.74) is 0.804. The van der Waals surface area contributed by atoms with Crippen LogP contribution in [0, 0.1) is 0 Å². The van der Waals surface area contributed by atoms with Crippen molar-refractivity contribution in [1.29, 1.82) is 0 Å². The van der Waals surface area contributed by atoms with E-state index in [0.29, 0.717) is 11.6 Å². The van der Waals surface area contributed by atoms with Gasteiger partial charge < -0.3 is 10.0 Å². The standard InChI is InChI=1S/C15H20N2O3S/c1-3-11(2)17(12-7-5-4-6-8-12)15(20)16-10-21-9-13(16)14(18)19/h4-8,11,13H,3,9-10H2,1-2H3,(H,18,19). The van der Waals surface area contributed by atoms with Crippen LogP contribution in [0.5, 0.6) is 0 Å². The van der Waals surface area contributed by atoms with E-state index in [0.717, 1.165) is 12.1 Å². The summed E-state index contributed by atoms with van der Waals surface area (Å²) >= 11 is 1.48. The van der Waals surface area contributed by atoms with Gasteiger partial charge in [-0.15, -0.1) is 11.8 Å². The number of benzene rings is 1. The van der Waals surface area contributed by atoms with Crippen molar-refractivity contribution in [2.45, 2.75) is 32.4 Å². The highest BCUT2D eigenvalue weighted by molar-refractivity contribution is 7.99. The van der Waals surface area contributed by atoms with Gasteiger partial charge in [0.2, 0.25) is 0 Å². The van der Waals surface area contributed by atoms with E-state index in [1.165, 1.54) is 16.7 Å². The van der Waals surface area contributed by atoms with Crippen molar-refractivity contribution in [2.75, 3.05) is 16.5 Å². The fourth-order valence-corrected chi connectivity index (χ4v) is 3.44. The molecule has 1 fully saturated rings. The largest absolute Gasteiger partial charge is 0.480 e. The predicted octanol–water partition coefficient (Wildman–Crippen LogP) is 2.87. The first-order chi connectivity index (χ1) is 10.1. The highest BCUT2D eigenvalue weighted by Gasteiger charge is 2.38. The molecule has 1 aliphatic heterocycles. The summed E-state index contributed by atoms with van der Waals surface area (Å²) in [5, 5.41) is 9.25. The number of anilines is 1. The summed E-state index contributed by atoms with van der Waals surface area (Å²) < 4.78 is 0. The van der Waals surface area contributed by atoms with Crippen molar-refractivity contribution in [3.8, 4) is 0 Å². The molecule has 6 heteroatoms. The molecule has 1 saturated heterocycles. The van der Waals surface area contributed by atoms with Crippen LogP contribution in [0.3, 0.4) is 0 Å². The topological polar surface area (TPSA) is 60.9 Å². The van der Waals surface area contributed by atoms with Crippen LogP contribution in [0.1, 0.15) is 20.3 Å². The molecule has 2 rings (SSSR count). The molecule has 0 radical (unpaired) electrons. The number of carboxylic acids is 1. The zero-order valence-corrected chi connectivity index (χ0v) is 13.0. The van der Waals surface area contributed by atoms with Gasteiger partial charge in [0.15, 0.2) is 0 Å². The molecule has 1 heterocycles. The molecule has 1 aromatic rings. The minimum absolute atomic E-state index is 0.0138. The fourth-order valence-electron chi connectivity index (χ4n) is 2.30. The van der Waals surface area contributed by atoms with Crippen LogP contribution in [0.25, 0.3) is 0 Å². The van der Waals surface area contributed by atoms with Gasteiger partial charge in [0.05, 0.1) is 5.88 Å². The Bertz CT molecular complexity index is 509. The molecule has 1 N–H and O–H groups in total. The quantitative estimate of drug-likeness (QED) is 0.929. The average Bonchev–Trinajstić information content (AvgIpc) is 2.98. The van der Waals surface area contributed by atoms with E-state index in [4.69, 9.17) is 0 Å². The summed E-state index contributed by atoms with van der Waals surface area (Å²) in [7, 11) is 0. The second-order valence-corrected chi connectivity index (χ2v) is 6.07. The van der Waals surface area contributed by atoms with E-state index in [9.17, 15) is 14.7 Å². The molecular weight excluding hydrogens is 288 g/mol. The number of nitrogens with zero attached hydrogens (tertiary/aromatic N) is 2. The second-order valence-electron chi connectivity index (χ2n) is 5.07. The number of para-hydroxylation sites is 1. The first-order valence-electron chi connectivity index (χ1n) is 7.01. The van der Waals surface area contributed by atoms with E-state index < -0.39 is 12.0 Å². The minimum atomic E-state index is -0.939. The first kappa shape index (κ1) is 15.7. The molecule has 2 atom stereocenters. The summed E-state index contributed by atoms with van der Waals surface area (Å²) in [6.45, 7) is 3.99. The predicted molar refractivity (Wildman–Crippen MR) is 84.7 cm³/mol. The molecular formula is C15H20N2O3S. The highest BCUT2D eigenvalue weighted by atomic mass is 32.2.